The fourth-order valence-corrected chi connectivity index (χ4v) is 3.52. The second kappa shape index (κ2) is 19.0. The molecule has 0 heterocycles. The zero-order valence-electron chi connectivity index (χ0n) is 18.7. The maximum atomic E-state index is 10.4. The lowest BCUT2D eigenvalue weighted by Gasteiger charge is -2.00. The molecule has 1 aromatic rings. The van der Waals surface area contributed by atoms with Gasteiger partial charge in [0.2, 0.25) is 0 Å². The van der Waals surface area contributed by atoms with Gasteiger partial charge in [0.25, 0.3) is 0 Å². The van der Waals surface area contributed by atoms with E-state index in [0.29, 0.717) is 12.2 Å². The topological polar surface area (TPSA) is 57.5 Å². The molecule has 2 N–H and O–H groups in total. The molecule has 0 amide bonds. The summed E-state index contributed by atoms with van der Waals surface area (Å²) in [6, 6.07) is 7.33. The Morgan fingerprint density at radius 2 is 1.07 bits per heavy atom. The zero-order chi connectivity index (χ0) is 21.7. The summed E-state index contributed by atoms with van der Waals surface area (Å²) in [6.07, 6.45) is 27.6. The summed E-state index contributed by atoms with van der Waals surface area (Å²) in [5.41, 5.74) is 1.15. The molecule has 1 rings (SSSR count). The number of carboxylic acid groups (broad SMARTS) is 1. The van der Waals surface area contributed by atoms with Crippen molar-refractivity contribution < 1.29 is 15.0 Å². The van der Waals surface area contributed by atoms with E-state index in [-0.39, 0.29) is 0 Å². The molecule has 0 saturated heterocycles. The molecule has 168 valence electrons. The van der Waals surface area contributed by atoms with Crippen LogP contribution in [-0.2, 0) is 4.79 Å². The van der Waals surface area contributed by atoms with Gasteiger partial charge < -0.3 is 10.2 Å². The summed E-state index contributed by atoms with van der Waals surface area (Å²) in [6.45, 7) is 0. The van der Waals surface area contributed by atoms with Crippen LogP contribution in [0.25, 0.3) is 6.08 Å². The molecule has 0 aromatic heterocycles. The van der Waals surface area contributed by atoms with Gasteiger partial charge in [-0.3, -0.25) is 4.79 Å². The average Bonchev–Trinajstić information content (AvgIpc) is 2.73. The van der Waals surface area contributed by atoms with Gasteiger partial charge in [-0.1, -0.05) is 87.8 Å². The number of aliphatic carboxylic acids is 1. The number of allylic oxidation sites excluding steroid dienone is 3. The maximum absolute atomic E-state index is 10.4. The van der Waals surface area contributed by atoms with Crippen molar-refractivity contribution in [3.05, 3.63) is 48.1 Å². The maximum Gasteiger partial charge on any atom is 0.303 e. The standard InChI is InChI=1S/C27H42O3/c28-26-23-21-25(22-24-26)19-17-15-13-11-9-7-5-3-1-2-4-6-8-10-12-14-16-18-20-27(29)30/h4,6,17,19,21-24,28H,1-3,5,7-16,18,20H2,(H,29,30)/b6-4-,19-17-. The van der Waals surface area contributed by atoms with E-state index in [1.54, 1.807) is 12.1 Å². The second-order valence-electron chi connectivity index (χ2n) is 8.22. The number of hydrogen-bond acceptors (Lipinski definition) is 2. The van der Waals surface area contributed by atoms with E-state index in [1.165, 1.54) is 70.6 Å². The van der Waals surface area contributed by atoms with Crippen LogP contribution in [0, 0.1) is 0 Å². The third kappa shape index (κ3) is 16.9. The van der Waals surface area contributed by atoms with Crippen molar-refractivity contribution in [3.8, 4) is 5.75 Å². The van der Waals surface area contributed by atoms with Gasteiger partial charge >= 0.3 is 5.97 Å². The molecule has 1 aromatic carbocycles. The zero-order valence-corrected chi connectivity index (χ0v) is 18.7. The molecule has 0 aliphatic rings. The fourth-order valence-electron chi connectivity index (χ4n) is 3.52. The third-order valence-corrected chi connectivity index (χ3v) is 5.37. The summed E-state index contributed by atoms with van der Waals surface area (Å²) in [5.74, 6) is -0.352. The molecule has 0 saturated carbocycles. The summed E-state index contributed by atoms with van der Waals surface area (Å²) >= 11 is 0. The molecule has 3 heteroatoms. The highest BCUT2D eigenvalue weighted by Crippen LogP contribution is 2.13. The van der Waals surface area contributed by atoms with Gasteiger partial charge in [0, 0.05) is 6.42 Å². The Labute approximate surface area is 183 Å². The van der Waals surface area contributed by atoms with Gasteiger partial charge in [-0.05, 0) is 62.6 Å². The minimum atomic E-state index is -0.673. The predicted molar refractivity (Wildman–Crippen MR) is 128 cm³/mol. The number of phenols is 1. The molecular weight excluding hydrogens is 372 g/mol. The van der Waals surface area contributed by atoms with Gasteiger partial charge in [0.15, 0.2) is 0 Å². The first-order chi connectivity index (χ1) is 14.7. The molecule has 3 nitrogen and oxygen atoms in total. The second-order valence-corrected chi connectivity index (χ2v) is 8.22. The minimum absolute atomic E-state index is 0.319. The molecule has 0 fully saturated rings. The summed E-state index contributed by atoms with van der Waals surface area (Å²) < 4.78 is 0. The number of carboxylic acids is 1. The Hall–Kier alpha value is -2.03. The van der Waals surface area contributed by atoms with Crippen molar-refractivity contribution in [1.82, 2.24) is 0 Å². The molecule has 0 aliphatic carbocycles. The lowest BCUT2D eigenvalue weighted by atomic mass is 10.1. The van der Waals surface area contributed by atoms with E-state index >= 15 is 0 Å². The third-order valence-electron chi connectivity index (χ3n) is 5.37. The lowest BCUT2D eigenvalue weighted by molar-refractivity contribution is -0.137. The lowest BCUT2D eigenvalue weighted by Crippen LogP contribution is -1.93. The van der Waals surface area contributed by atoms with Crippen LogP contribution in [0.4, 0.5) is 0 Å². The number of hydrogen-bond donors (Lipinski definition) is 2. The Morgan fingerprint density at radius 1 is 0.633 bits per heavy atom. The van der Waals surface area contributed by atoms with Crippen LogP contribution in [0.3, 0.4) is 0 Å². The number of phenolic OH excluding ortho intramolecular Hbond substituents is 1. The Balaban J connectivity index is 1.78. The minimum Gasteiger partial charge on any atom is -0.508 e. The molecular formula is C27H42O3. The fraction of sp³-hybridized carbons (Fsp3) is 0.593. The number of benzene rings is 1. The molecule has 0 atom stereocenters. The summed E-state index contributed by atoms with van der Waals surface area (Å²) in [5, 5.41) is 17.8. The molecule has 0 spiro atoms. The van der Waals surface area contributed by atoms with Gasteiger partial charge in [0.05, 0.1) is 0 Å². The molecule has 0 aliphatic heterocycles. The van der Waals surface area contributed by atoms with E-state index < -0.39 is 5.97 Å². The van der Waals surface area contributed by atoms with Gasteiger partial charge in [-0.15, -0.1) is 0 Å². The Morgan fingerprint density at radius 3 is 1.57 bits per heavy atom. The van der Waals surface area contributed by atoms with E-state index in [1.807, 2.05) is 12.1 Å². The van der Waals surface area contributed by atoms with E-state index in [0.717, 1.165) is 31.2 Å². The molecule has 0 radical (unpaired) electrons. The normalized spacial score (nSPS) is 11.6. The van der Waals surface area contributed by atoms with Crippen LogP contribution in [0.2, 0.25) is 0 Å². The van der Waals surface area contributed by atoms with Crippen molar-refractivity contribution in [2.75, 3.05) is 0 Å². The van der Waals surface area contributed by atoms with Crippen LogP contribution < -0.4 is 0 Å². The van der Waals surface area contributed by atoms with Gasteiger partial charge in [-0.2, -0.15) is 0 Å². The largest absolute Gasteiger partial charge is 0.508 e. The van der Waals surface area contributed by atoms with Crippen molar-refractivity contribution in [3.63, 3.8) is 0 Å². The number of aromatic hydroxyl groups is 1. The number of unbranched alkanes of at least 4 members (excludes halogenated alkanes) is 13. The van der Waals surface area contributed by atoms with Crippen LogP contribution in [0.15, 0.2) is 42.5 Å². The van der Waals surface area contributed by atoms with E-state index in [2.05, 4.69) is 24.3 Å². The Bertz CT molecular complexity index is 587. The van der Waals surface area contributed by atoms with E-state index in [4.69, 9.17) is 5.11 Å². The Kier molecular flexibility index (Phi) is 16.4. The first-order valence-electron chi connectivity index (χ1n) is 12.0. The van der Waals surface area contributed by atoms with Crippen molar-refractivity contribution in [2.24, 2.45) is 0 Å². The van der Waals surface area contributed by atoms with Crippen LogP contribution >= 0.6 is 0 Å². The summed E-state index contributed by atoms with van der Waals surface area (Å²) in [7, 11) is 0. The van der Waals surface area contributed by atoms with Gasteiger partial charge in [-0.25, -0.2) is 0 Å². The van der Waals surface area contributed by atoms with Crippen LogP contribution in [0.1, 0.15) is 108 Å². The first kappa shape index (κ1) is 26.0. The highest BCUT2D eigenvalue weighted by molar-refractivity contribution is 5.66. The molecule has 0 unspecified atom stereocenters. The number of carbonyl (C=O) groups is 1. The highest BCUT2D eigenvalue weighted by atomic mass is 16.4. The molecule has 0 bridgehead atoms. The van der Waals surface area contributed by atoms with Crippen molar-refractivity contribution >= 4 is 12.0 Å². The van der Waals surface area contributed by atoms with Gasteiger partial charge in [0.1, 0.15) is 5.75 Å². The number of rotatable bonds is 19. The smallest absolute Gasteiger partial charge is 0.303 e. The first-order valence-corrected chi connectivity index (χ1v) is 12.0. The van der Waals surface area contributed by atoms with Crippen molar-refractivity contribution in [1.29, 1.82) is 0 Å². The monoisotopic (exact) mass is 414 g/mol. The van der Waals surface area contributed by atoms with Crippen LogP contribution in [0.5, 0.6) is 5.75 Å². The molecule has 30 heavy (non-hydrogen) atoms. The van der Waals surface area contributed by atoms with Crippen molar-refractivity contribution in [2.45, 2.75) is 103 Å². The van der Waals surface area contributed by atoms with E-state index in [9.17, 15) is 9.90 Å². The van der Waals surface area contributed by atoms with Crippen LogP contribution in [-0.4, -0.2) is 16.2 Å². The highest BCUT2D eigenvalue weighted by Gasteiger charge is 1.96. The SMILES string of the molecule is O=C(O)CCCCCCC/C=C\CCCCCCCCC/C=C\c1ccc(O)cc1. The quantitative estimate of drug-likeness (QED) is 0.177. The summed E-state index contributed by atoms with van der Waals surface area (Å²) in [4.78, 5) is 10.4. The average molecular weight is 415 g/mol. The predicted octanol–water partition coefficient (Wildman–Crippen LogP) is 8.29.